The maximum Gasteiger partial charge on any atom is 0.0951 e. The number of terminal acetylenes is 1. The largest absolute Gasteiger partial charge is 0.340 e. The van der Waals surface area contributed by atoms with Crippen LogP contribution in [0.4, 0.5) is 0 Å². The van der Waals surface area contributed by atoms with Crippen molar-refractivity contribution < 1.29 is 0 Å². The molecule has 14 heavy (non-hydrogen) atoms. The van der Waals surface area contributed by atoms with Crippen LogP contribution >= 0.6 is 0 Å². The van der Waals surface area contributed by atoms with E-state index in [2.05, 4.69) is 10.9 Å². The van der Waals surface area contributed by atoms with Gasteiger partial charge in [-0.1, -0.05) is 18.1 Å². The number of hydrogen-bond acceptors (Lipinski definition) is 1. The molecule has 0 saturated heterocycles. The van der Waals surface area contributed by atoms with Crippen molar-refractivity contribution in [3.63, 3.8) is 0 Å². The first-order chi connectivity index (χ1) is 6.79. The maximum absolute atomic E-state index is 5.27. The summed E-state index contributed by atoms with van der Waals surface area (Å²) in [6.45, 7) is 0. The van der Waals surface area contributed by atoms with Crippen molar-refractivity contribution in [2.24, 2.45) is 7.05 Å². The topological polar surface area (TPSA) is 17.8 Å². The molecule has 2 heteroatoms. The summed E-state index contributed by atoms with van der Waals surface area (Å²) in [5.41, 5.74) is 2.95. The van der Waals surface area contributed by atoms with Gasteiger partial charge in [-0.25, -0.2) is 4.98 Å². The molecule has 0 aliphatic carbocycles. The van der Waals surface area contributed by atoms with Crippen LogP contribution in [0.5, 0.6) is 0 Å². The Morgan fingerprint density at radius 2 is 2.00 bits per heavy atom. The van der Waals surface area contributed by atoms with Crippen LogP contribution in [0.3, 0.4) is 0 Å². The lowest BCUT2D eigenvalue weighted by molar-refractivity contribution is 0.913. The minimum atomic E-state index is 0.893. The van der Waals surface area contributed by atoms with E-state index in [4.69, 9.17) is 6.42 Å². The summed E-state index contributed by atoms with van der Waals surface area (Å²) in [5.74, 6) is 2.59. The number of aromatic nitrogens is 2. The van der Waals surface area contributed by atoms with Crippen molar-refractivity contribution in [2.75, 3.05) is 0 Å². The van der Waals surface area contributed by atoms with Gasteiger partial charge in [-0.15, -0.1) is 6.42 Å². The van der Waals surface area contributed by atoms with E-state index in [9.17, 15) is 0 Å². The Morgan fingerprint density at radius 3 is 2.50 bits per heavy atom. The maximum atomic E-state index is 5.27. The van der Waals surface area contributed by atoms with Crippen LogP contribution in [0.25, 0.3) is 11.3 Å². The number of nitrogens with zero attached hydrogens (tertiary/aromatic N) is 2. The second kappa shape index (κ2) is 3.39. The predicted octanol–water partition coefficient (Wildman–Crippen LogP) is 2.07. The summed E-state index contributed by atoms with van der Waals surface area (Å²) in [4.78, 5) is 4.25. The zero-order valence-electron chi connectivity index (χ0n) is 7.94. The van der Waals surface area contributed by atoms with Crippen molar-refractivity contribution in [3.05, 3.63) is 42.4 Å². The van der Waals surface area contributed by atoms with Gasteiger partial charge in [-0.3, -0.25) is 0 Å². The minimum absolute atomic E-state index is 0.893. The molecule has 0 bridgehead atoms. The van der Waals surface area contributed by atoms with E-state index in [1.54, 1.807) is 6.33 Å². The van der Waals surface area contributed by atoms with Gasteiger partial charge in [0.15, 0.2) is 0 Å². The van der Waals surface area contributed by atoms with Gasteiger partial charge in [0, 0.05) is 24.4 Å². The highest BCUT2D eigenvalue weighted by atomic mass is 15.0. The highest BCUT2D eigenvalue weighted by Gasteiger charge is 1.99. The van der Waals surface area contributed by atoms with Gasteiger partial charge in [-0.05, 0) is 12.1 Å². The number of benzene rings is 1. The van der Waals surface area contributed by atoms with Crippen molar-refractivity contribution >= 4 is 0 Å². The molecule has 2 rings (SSSR count). The summed E-state index contributed by atoms with van der Waals surface area (Å²) < 4.78 is 1.92. The summed E-state index contributed by atoms with van der Waals surface area (Å²) >= 11 is 0. The molecule has 0 aliphatic rings. The molecule has 0 N–H and O–H groups in total. The van der Waals surface area contributed by atoms with Gasteiger partial charge < -0.3 is 4.57 Å². The van der Waals surface area contributed by atoms with Crippen molar-refractivity contribution in [1.82, 2.24) is 9.55 Å². The Morgan fingerprint density at radius 1 is 1.29 bits per heavy atom. The van der Waals surface area contributed by atoms with Crippen molar-refractivity contribution in [1.29, 1.82) is 0 Å². The third-order valence-electron chi connectivity index (χ3n) is 2.05. The van der Waals surface area contributed by atoms with Crippen LogP contribution in [0.15, 0.2) is 36.8 Å². The molecule has 0 spiro atoms. The first-order valence-electron chi connectivity index (χ1n) is 4.34. The molecular formula is C12H10N2. The molecule has 2 aromatic rings. The van der Waals surface area contributed by atoms with Crippen LogP contribution in [0.2, 0.25) is 0 Å². The van der Waals surface area contributed by atoms with Crippen LogP contribution < -0.4 is 0 Å². The molecule has 0 fully saturated rings. The zero-order valence-corrected chi connectivity index (χ0v) is 7.94. The van der Waals surface area contributed by atoms with Gasteiger partial charge in [0.1, 0.15) is 0 Å². The van der Waals surface area contributed by atoms with Gasteiger partial charge in [0.05, 0.1) is 12.0 Å². The second-order valence-electron chi connectivity index (χ2n) is 3.15. The van der Waals surface area contributed by atoms with Crippen LogP contribution in [0, 0.1) is 12.3 Å². The number of imidazole rings is 1. The Bertz CT molecular complexity index is 472. The van der Waals surface area contributed by atoms with E-state index in [0.717, 1.165) is 16.8 Å². The van der Waals surface area contributed by atoms with Gasteiger partial charge in [0.25, 0.3) is 0 Å². The van der Waals surface area contributed by atoms with E-state index in [1.165, 1.54) is 0 Å². The lowest BCUT2D eigenvalue weighted by Gasteiger charge is -1.95. The van der Waals surface area contributed by atoms with Crippen molar-refractivity contribution in [3.8, 4) is 23.6 Å². The second-order valence-corrected chi connectivity index (χ2v) is 3.15. The molecule has 1 aromatic carbocycles. The Labute approximate surface area is 83.2 Å². The fraction of sp³-hybridized carbons (Fsp3) is 0.0833. The summed E-state index contributed by atoms with van der Waals surface area (Å²) in [6, 6.07) is 7.81. The quantitative estimate of drug-likeness (QED) is 0.617. The highest BCUT2D eigenvalue weighted by Crippen LogP contribution is 2.16. The zero-order chi connectivity index (χ0) is 9.97. The minimum Gasteiger partial charge on any atom is -0.340 e. The molecule has 0 unspecified atom stereocenters. The SMILES string of the molecule is C#Cc1ccc(-c2cn(C)cn2)cc1. The standard InChI is InChI=1S/C12H10N2/c1-3-10-4-6-11(7-5-10)12-8-14(2)9-13-12/h1,4-9H,2H3. The van der Waals surface area contributed by atoms with E-state index in [-0.39, 0.29) is 0 Å². The third kappa shape index (κ3) is 1.53. The smallest absolute Gasteiger partial charge is 0.0951 e. The summed E-state index contributed by atoms with van der Waals surface area (Å²) in [6.07, 6.45) is 9.03. The Balaban J connectivity index is 2.39. The van der Waals surface area contributed by atoms with Gasteiger partial charge in [0.2, 0.25) is 0 Å². The van der Waals surface area contributed by atoms with Crippen molar-refractivity contribution in [2.45, 2.75) is 0 Å². The van der Waals surface area contributed by atoms with Crippen LogP contribution in [-0.2, 0) is 7.05 Å². The lowest BCUT2D eigenvalue weighted by atomic mass is 10.1. The number of aryl methyl sites for hydroxylation is 1. The average molecular weight is 182 g/mol. The molecule has 0 amide bonds. The molecule has 0 atom stereocenters. The molecule has 2 nitrogen and oxygen atoms in total. The summed E-state index contributed by atoms with van der Waals surface area (Å²) in [7, 11) is 1.95. The molecule has 0 aliphatic heterocycles. The first-order valence-corrected chi connectivity index (χ1v) is 4.34. The number of hydrogen-bond donors (Lipinski definition) is 0. The van der Waals surface area contributed by atoms with E-state index in [1.807, 2.05) is 42.1 Å². The molecular weight excluding hydrogens is 172 g/mol. The van der Waals surface area contributed by atoms with Gasteiger partial charge in [-0.2, -0.15) is 0 Å². The monoisotopic (exact) mass is 182 g/mol. The van der Waals surface area contributed by atoms with E-state index >= 15 is 0 Å². The lowest BCUT2D eigenvalue weighted by Crippen LogP contribution is -1.79. The third-order valence-corrected chi connectivity index (χ3v) is 2.05. The Hall–Kier alpha value is -2.01. The van der Waals surface area contributed by atoms with Crippen LogP contribution in [0.1, 0.15) is 5.56 Å². The fourth-order valence-electron chi connectivity index (χ4n) is 1.30. The molecule has 68 valence electrons. The average Bonchev–Trinajstić information content (AvgIpc) is 2.65. The normalized spacial score (nSPS) is 9.71. The number of rotatable bonds is 1. The predicted molar refractivity (Wildman–Crippen MR) is 56.6 cm³/mol. The van der Waals surface area contributed by atoms with E-state index in [0.29, 0.717) is 0 Å². The van der Waals surface area contributed by atoms with Crippen LogP contribution in [-0.4, -0.2) is 9.55 Å². The molecule has 0 radical (unpaired) electrons. The fourth-order valence-corrected chi connectivity index (χ4v) is 1.30. The molecule has 1 aromatic heterocycles. The highest BCUT2D eigenvalue weighted by molar-refractivity contribution is 5.59. The van der Waals surface area contributed by atoms with Gasteiger partial charge >= 0.3 is 0 Å². The Kier molecular flexibility index (Phi) is 2.08. The first kappa shape index (κ1) is 8.58. The molecule has 1 heterocycles. The summed E-state index contributed by atoms with van der Waals surface area (Å²) in [5, 5.41) is 0. The van der Waals surface area contributed by atoms with E-state index < -0.39 is 0 Å². The molecule has 0 saturated carbocycles.